The second kappa shape index (κ2) is 13.7. The van der Waals surface area contributed by atoms with Gasteiger partial charge in [0.05, 0.1) is 18.6 Å². The zero-order valence-electron chi connectivity index (χ0n) is 21.0. The van der Waals surface area contributed by atoms with Crippen molar-refractivity contribution < 1.29 is 22.7 Å². The van der Waals surface area contributed by atoms with E-state index in [1.165, 1.54) is 4.90 Å². The van der Waals surface area contributed by atoms with Crippen LogP contribution in [0, 0.1) is 0 Å². The quantitative estimate of drug-likeness (QED) is 0.366. The first kappa shape index (κ1) is 29.7. The van der Waals surface area contributed by atoms with Crippen molar-refractivity contribution in [1.29, 1.82) is 0 Å². The molecule has 0 saturated carbocycles. The minimum Gasteiger partial charge on any atom is -0.494 e. The lowest BCUT2D eigenvalue weighted by atomic mass is 10.1. The highest BCUT2D eigenvalue weighted by Crippen LogP contribution is 2.25. The number of hydrogen-bond acceptors (Lipinski definition) is 5. The van der Waals surface area contributed by atoms with Crippen molar-refractivity contribution in [2.45, 2.75) is 46.2 Å². The van der Waals surface area contributed by atoms with Crippen LogP contribution in [0.25, 0.3) is 0 Å². The highest BCUT2D eigenvalue weighted by atomic mass is 35.5. The summed E-state index contributed by atoms with van der Waals surface area (Å²) in [7, 11) is -3.82. The summed E-state index contributed by atoms with van der Waals surface area (Å²) in [6.07, 6.45) is 2.73. The Kier molecular flexibility index (Phi) is 11.3. The van der Waals surface area contributed by atoms with E-state index in [9.17, 15) is 18.0 Å². The lowest BCUT2D eigenvalue weighted by Gasteiger charge is -2.31. The maximum Gasteiger partial charge on any atom is 0.244 e. The number of benzene rings is 2. The largest absolute Gasteiger partial charge is 0.494 e. The van der Waals surface area contributed by atoms with Gasteiger partial charge in [-0.2, -0.15) is 0 Å². The molecule has 0 bridgehead atoms. The summed E-state index contributed by atoms with van der Waals surface area (Å²) in [4.78, 5) is 27.7. The van der Waals surface area contributed by atoms with E-state index in [0.29, 0.717) is 40.2 Å². The van der Waals surface area contributed by atoms with Crippen LogP contribution in [0.5, 0.6) is 5.75 Å². The van der Waals surface area contributed by atoms with E-state index in [4.69, 9.17) is 27.9 Å². The number of unbranched alkanes of at least 4 members (excludes halogenated alkanes) is 1. The first-order valence-corrected chi connectivity index (χ1v) is 14.3. The van der Waals surface area contributed by atoms with Crippen LogP contribution in [-0.2, 0) is 26.2 Å². The molecule has 0 saturated heterocycles. The number of ether oxygens (including phenoxy) is 1. The third-order valence-corrected chi connectivity index (χ3v) is 7.20. The number of rotatable bonds is 13. The maximum atomic E-state index is 13.5. The standard InChI is InChI=1S/C25H33Cl2N3O5S/c1-5-7-14-28-25(32)18(3)29(16-19-8-9-20(26)15-23(19)27)24(31)17-30(36(4,33)34)21-10-12-22(13-11-21)35-6-2/h8-13,15,18H,5-7,14,16-17H2,1-4H3,(H,28,32)/t18-/m1/s1. The Bertz CT molecular complexity index is 1140. The van der Waals surface area contributed by atoms with Gasteiger partial charge < -0.3 is 15.0 Å². The minimum absolute atomic E-state index is 0.00191. The first-order chi connectivity index (χ1) is 17.0. The molecule has 0 radical (unpaired) electrons. The van der Waals surface area contributed by atoms with Crippen LogP contribution >= 0.6 is 23.2 Å². The number of nitrogens with zero attached hydrogens (tertiary/aromatic N) is 2. The van der Waals surface area contributed by atoms with Crippen molar-refractivity contribution >= 4 is 50.7 Å². The van der Waals surface area contributed by atoms with Crippen molar-refractivity contribution in [3.8, 4) is 5.75 Å². The molecule has 1 N–H and O–H groups in total. The van der Waals surface area contributed by atoms with Gasteiger partial charge in [-0.05, 0) is 62.2 Å². The summed E-state index contributed by atoms with van der Waals surface area (Å²) in [5.74, 6) is -0.315. The number of hydrogen-bond donors (Lipinski definition) is 1. The van der Waals surface area contributed by atoms with Crippen molar-refractivity contribution in [3.05, 3.63) is 58.1 Å². The molecular formula is C25H33Cl2N3O5S. The van der Waals surface area contributed by atoms with Gasteiger partial charge in [-0.1, -0.05) is 42.6 Å². The van der Waals surface area contributed by atoms with Crippen molar-refractivity contribution in [1.82, 2.24) is 10.2 Å². The minimum atomic E-state index is -3.82. The molecule has 198 valence electrons. The molecule has 0 aliphatic heterocycles. The van der Waals surface area contributed by atoms with Gasteiger partial charge >= 0.3 is 0 Å². The Morgan fingerprint density at radius 1 is 1.08 bits per heavy atom. The monoisotopic (exact) mass is 557 g/mol. The van der Waals surface area contributed by atoms with E-state index in [-0.39, 0.29) is 12.5 Å². The summed E-state index contributed by atoms with van der Waals surface area (Å²) < 4.78 is 31.7. The molecule has 11 heteroatoms. The van der Waals surface area contributed by atoms with E-state index in [1.807, 2.05) is 13.8 Å². The van der Waals surface area contributed by atoms with Gasteiger partial charge in [0.25, 0.3) is 0 Å². The number of sulfonamides is 1. The highest BCUT2D eigenvalue weighted by molar-refractivity contribution is 7.92. The Morgan fingerprint density at radius 2 is 1.75 bits per heavy atom. The Hall–Kier alpha value is -2.49. The molecule has 2 aromatic carbocycles. The average molecular weight is 559 g/mol. The fourth-order valence-corrected chi connectivity index (χ4v) is 4.76. The van der Waals surface area contributed by atoms with Gasteiger partial charge in [0.1, 0.15) is 18.3 Å². The fraction of sp³-hybridized carbons (Fsp3) is 0.440. The summed E-state index contributed by atoms with van der Waals surface area (Å²) >= 11 is 12.3. The summed E-state index contributed by atoms with van der Waals surface area (Å²) in [5, 5.41) is 3.60. The second-order valence-corrected chi connectivity index (χ2v) is 11.0. The van der Waals surface area contributed by atoms with E-state index < -0.39 is 28.5 Å². The van der Waals surface area contributed by atoms with E-state index in [1.54, 1.807) is 49.4 Å². The summed E-state index contributed by atoms with van der Waals surface area (Å²) in [5.41, 5.74) is 0.883. The molecule has 0 unspecified atom stereocenters. The smallest absolute Gasteiger partial charge is 0.244 e. The molecule has 0 fully saturated rings. The lowest BCUT2D eigenvalue weighted by Crippen LogP contribution is -2.51. The third kappa shape index (κ3) is 8.57. The molecule has 36 heavy (non-hydrogen) atoms. The van der Waals surface area contributed by atoms with Crippen molar-refractivity contribution in [2.24, 2.45) is 0 Å². The van der Waals surface area contributed by atoms with Gasteiger partial charge in [0.2, 0.25) is 21.8 Å². The molecule has 2 rings (SSSR count). The highest BCUT2D eigenvalue weighted by Gasteiger charge is 2.30. The molecule has 8 nitrogen and oxygen atoms in total. The third-order valence-electron chi connectivity index (χ3n) is 5.47. The molecule has 0 heterocycles. The van der Waals surface area contributed by atoms with Gasteiger partial charge in [-0.15, -0.1) is 0 Å². The number of halogens is 2. The average Bonchev–Trinajstić information content (AvgIpc) is 2.81. The molecule has 0 aliphatic rings. The SMILES string of the molecule is CCCCNC(=O)[C@@H](C)N(Cc1ccc(Cl)cc1Cl)C(=O)CN(c1ccc(OCC)cc1)S(C)(=O)=O. The van der Waals surface area contributed by atoms with E-state index in [0.717, 1.165) is 23.4 Å². The molecule has 1 atom stereocenters. The number of nitrogens with one attached hydrogen (secondary N) is 1. The molecule has 0 spiro atoms. The zero-order chi connectivity index (χ0) is 26.9. The van der Waals surface area contributed by atoms with Crippen molar-refractivity contribution in [2.75, 3.05) is 30.3 Å². The van der Waals surface area contributed by atoms with Crippen LogP contribution in [0.1, 0.15) is 39.2 Å². The van der Waals surface area contributed by atoms with E-state index >= 15 is 0 Å². The lowest BCUT2D eigenvalue weighted by molar-refractivity contribution is -0.139. The number of carbonyl (C=O) groups excluding carboxylic acids is 2. The Morgan fingerprint density at radius 3 is 2.31 bits per heavy atom. The predicted molar refractivity (Wildman–Crippen MR) is 144 cm³/mol. The van der Waals surface area contributed by atoms with Crippen LogP contribution in [0.2, 0.25) is 10.0 Å². The van der Waals surface area contributed by atoms with Crippen LogP contribution < -0.4 is 14.4 Å². The summed E-state index contributed by atoms with van der Waals surface area (Å²) in [6, 6.07) is 10.4. The fourth-order valence-electron chi connectivity index (χ4n) is 3.44. The van der Waals surface area contributed by atoms with Crippen molar-refractivity contribution in [3.63, 3.8) is 0 Å². The molecule has 2 aromatic rings. The van der Waals surface area contributed by atoms with Crippen LogP contribution in [0.4, 0.5) is 5.69 Å². The maximum absolute atomic E-state index is 13.5. The molecule has 0 aliphatic carbocycles. The predicted octanol–water partition coefficient (Wildman–Crippen LogP) is 4.49. The van der Waals surface area contributed by atoms with E-state index in [2.05, 4.69) is 5.32 Å². The second-order valence-electron chi connectivity index (χ2n) is 8.27. The van der Waals surface area contributed by atoms with Gasteiger partial charge in [-0.25, -0.2) is 8.42 Å². The Labute approximate surface area is 223 Å². The topological polar surface area (TPSA) is 96.0 Å². The normalized spacial score (nSPS) is 12.1. The van der Waals surface area contributed by atoms with Crippen LogP contribution in [0.3, 0.4) is 0 Å². The number of carbonyl (C=O) groups is 2. The van der Waals surface area contributed by atoms with Gasteiger partial charge in [0, 0.05) is 23.1 Å². The molecule has 2 amide bonds. The first-order valence-electron chi connectivity index (χ1n) is 11.7. The van der Waals surface area contributed by atoms with Crippen LogP contribution in [-0.4, -0.2) is 57.1 Å². The Balaban J connectivity index is 2.37. The molecule has 0 aromatic heterocycles. The van der Waals surface area contributed by atoms with Gasteiger partial charge in [-0.3, -0.25) is 13.9 Å². The number of anilines is 1. The summed E-state index contributed by atoms with van der Waals surface area (Å²) in [6.45, 7) is 5.90. The number of amides is 2. The van der Waals surface area contributed by atoms with Crippen LogP contribution in [0.15, 0.2) is 42.5 Å². The zero-order valence-corrected chi connectivity index (χ0v) is 23.3. The van der Waals surface area contributed by atoms with Gasteiger partial charge in [0.15, 0.2) is 0 Å². The molecular weight excluding hydrogens is 525 g/mol.